The predicted molar refractivity (Wildman–Crippen MR) is 142 cm³/mol. The van der Waals surface area contributed by atoms with Gasteiger partial charge in [-0.3, -0.25) is 4.79 Å². The maximum atomic E-state index is 12.7. The average molecular weight is 541 g/mol. The van der Waals surface area contributed by atoms with Crippen LogP contribution in [0.25, 0.3) is 11.3 Å². The van der Waals surface area contributed by atoms with E-state index in [9.17, 15) is 4.79 Å². The Kier molecular flexibility index (Phi) is 7.01. The molecule has 0 bridgehead atoms. The van der Waals surface area contributed by atoms with Crippen LogP contribution in [0.2, 0.25) is 15.1 Å². The third kappa shape index (κ3) is 5.26. The molecule has 0 spiro atoms. The van der Waals surface area contributed by atoms with Crippen molar-refractivity contribution in [1.82, 2.24) is 10.2 Å². The van der Waals surface area contributed by atoms with Crippen LogP contribution < -0.4 is 14.8 Å². The number of nitrogens with zero attached hydrogens (tertiary/aromatic N) is 2. The second-order valence-electron chi connectivity index (χ2n) is 8.37. The summed E-state index contributed by atoms with van der Waals surface area (Å²) in [5, 5.41) is 12.4. The summed E-state index contributed by atoms with van der Waals surface area (Å²) in [5.74, 6) is 2.21. The quantitative estimate of drug-likeness (QED) is 0.277. The number of hydrogen-bond acceptors (Lipinski definition) is 5. The molecule has 0 radical (unpaired) electrons. The van der Waals surface area contributed by atoms with E-state index in [4.69, 9.17) is 44.3 Å². The van der Waals surface area contributed by atoms with Gasteiger partial charge in [-0.1, -0.05) is 47.8 Å². The fourth-order valence-corrected chi connectivity index (χ4v) is 4.35. The van der Waals surface area contributed by atoms with Crippen molar-refractivity contribution in [2.45, 2.75) is 19.3 Å². The minimum Gasteiger partial charge on any atom is -0.493 e. The molecular formula is C27H20Cl3N3O3. The van der Waals surface area contributed by atoms with Crippen LogP contribution in [0.15, 0.2) is 66.7 Å². The Morgan fingerprint density at radius 3 is 2.47 bits per heavy atom. The van der Waals surface area contributed by atoms with Crippen LogP contribution in [-0.4, -0.2) is 22.7 Å². The van der Waals surface area contributed by atoms with Crippen molar-refractivity contribution in [2.75, 3.05) is 11.9 Å². The topological polar surface area (TPSA) is 73.3 Å². The van der Waals surface area contributed by atoms with Gasteiger partial charge in [0.15, 0.2) is 5.82 Å². The van der Waals surface area contributed by atoms with E-state index in [0.717, 1.165) is 23.3 Å². The Morgan fingerprint density at radius 2 is 1.75 bits per heavy atom. The summed E-state index contributed by atoms with van der Waals surface area (Å²) >= 11 is 18.5. The van der Waals surface area contributed by atoms with Crippen molar-refractivity contribution >= 4 is 46.5 Å². The van der Waals surface area contributed by atoms with Crippen molar-refractivity contribution in [3.8, 4) is 28.5 Å². The molecule has 4 aromatic rings. The highest BCUT2D eigenvalue weighted by molar-refractivity contribution is 6.42. The monoisotopic (exact) mass is 539 g/mol. The van der Waals surface area contributed by atoms with E-state index in [1.54, 1.807) is 54.6 Å². The number of rotatable bonds is 5. The van der Waals surface area contributed by atoms with Crippen molar-refractivity contribution < 1.29 is 14.3 Å². The number of anilines is 1. The molecule has 1 aromatic heterocycles. The number of carbonyl (C=O) groups is 1. The van der Waals surface area contributed by atoms with Crippen LogP contribution in [0, 0.1) is 0 Å². The lowest BCUT2D eigenvalue weighted by Gasteiger charge is -2.24. The maximum absolute atomic E-state index is 12.7. The van der Waals surface area contributed by atoms with Crippen molar-refractivity contribution in [3.63, 3.8) is 0 Å². The lowest BCUT2D eigenvalue weighted by atomic mass is 9.95. The predicted octanol–water partition coefficient (Wildman–Crippen LogP) is 8.03. The molecule has 9 heteroatoms. The molecule has 1 amide bonds. The number of fused-ring (bicyclic) bond motifs is 1. The molecule has 0 fully saturated rings. The van der Waals surface area contributed by atoms with Crippen LogP contribution in [0.3, 0.4) is 0 Å². The highest BCUT2D eigenvalue weighted by Crippen LogP contribution is 2.41. The maximum Gasteiger partial charge on any atom is 0.256 e. The molecule has 1 N–H and O–H groups in total. The molecule has 3 aromatic carbocycles. The number of benzene rings is 3. The number of ether oxygens (including phenoxy) is 2. The first-order chi connectivity index (χ1) is 17.4. The van der Waals surface area contributed by atoms with Gasteiger partial charge in [-0.15, -0.1) is 10.2 Å². The number of aromatic nitrogens is 2. The normalized spacial score (nSPS) is 14.5. The van der Waals surface area contributed by atoms with Gasteiger partial charge in [0.05, 0.1) is 27.4 Å². The van der Waals surface area contributed by atoms with Gasteiger partial charge in [-0.2, -0.15) is 0 Å². The van der Waals surface area contributed by atoms with Gasteiger partial charge < -0.3 is 14.8 Å². The highest BCUT2D eigenvalue weighted by atomic mass is 35.5. The molecule has 1 unspecified atom stereocenters. The van der Waals surface area contributed by atoms with Crippen molar-refractivity contribution in [1.29, 1.82) is 0 Å². The van der Waals surface area contributed by atoms with Crippen LogP contribution >= 0.6 is 34.8 Å². The molecule has 182 valence electrons. The summed E-state index contributed by atoms with van der Waals surface area (Å²) in [4.78, 5) is 12.7. The molecule has 1 aliphatic heterocycles. The summed E-state index contributed by atoms with van der Waals surface area (Å²) in [7, 11) is 0. The first kappa shape index (κ1) is 24.4. The second-order valence-corrected chi connectivity index (χ2v) is 9.59. The molecule has 2 heterocycles. The standard InChI is InChI=1S/C27H20Cl3N3O3/c1-15-10-11-35-24-14-25(22(30)13-19(15)24)36-18-5-2-16(3-6-18)27(34)31-26-9-8-23(32-33-26)17-4-7-20(28)21(29)12-17/h2-9,12-15H,10-11H2,1H3,(H,31,33,34). The Hall–Kier alpha value is -3.32. The van der Waals surface area contributed by atoms with Gasteiger partial charge in [0.1, 0.15) is 17.2 Å². The summed E-state index contributed by atoms with van der Waals surface area (Å²) < 4.78 is 11.7. The Labute approximate surface area is 223 Å². The average Bonchev–Trinajstić information content (AvgIpc) is 2.88. The minimum atomic E-state index is -0.327. The molecule has 1 aliphatic rings. The zero-order valence-electron chi connectivity index (χ0n) is 19.1. The van der Waals surface area contributed by atoms with E-state index in [2.05, 4.69) is 22.4 Å². The summed E-state index contributed by atoms with van der Waals surface area (Å²) in [6.07, 6.45) is 0.958. The second kappa shape index (κ2) is 10.3. The van der Waals surface area contributed by atoms with Gasteiger partial charge in [0.2, 0.25) is 0 Å². The Balaban J connectivity index is 1.24. The summed E-state index contributed by atoms with van der Waals surface area (Å²) in [6.45, 7) is 2.82. The van der Waals surface area contributed by atoms with E-state index in [-0.39, 0.29) is 5.91 Å². The van der Waals surface area contributed by atoms with Crippen LogP contribution in [0.4, 0.5) is 5.82 Å². The molecule has 0 saturated heterocycles. The lowest BCUT2D eigenvalue weighted by molar-refractivity contribution is 0.102. The zero-order chi connectivity index (χ0) is 25.2. The van der Waals surface area contributed by atoms with Crippen LogP contribution in [0.5, 0.6) is 17.2 Å². The summed E-state index contributed by atoms with van der Waals surface area (Å²) in [5.41, 5.74) is 2.89. The van der Waals surface area contributed by atoms with Crippen molar-refractivity contribution in [2.24, 2.45) is 0 Å². The Morgan fingerprint density at radius 1 is 0.944 bits per heavy atom. The molecule has 6 nitrogen and oxygen atoms in total. The molecule has 36 heavy (non-hydrogen) atoms. The first-order valence-corrected chi connectivity index (χ1v) is 12.4. The number of amides is 1. The van der Waals surface area contributed by atoms with E-state index < -0.39 is 0 Å². The van der Waals surface area contributed by atoms with E-state index in [0.29, 0.717) is 56.2 Å². The van der Waals surface area contributed by atoms with Gasteiger partial charge in [-0.05, 0) is 72.5 Å². The van der Waals surface area contributed by atoms with Crippen LogP contribution in [-0.2, 0) is 0 Å². The zero-order valence-corrected chi connectivity index (χ0v) is 21.4. The first-order valence-electron chi connectivity index (χ1n) is 11.2. The van der Waals surface area contributed by atoms with Crippen LogP contribution in [0.1, 0.15) is 35.2 Å². The number of carbonyl (C=O) groups excluding carboxylic acids is 1. The van der Waals surface area contributed by atoms with Gasteiger partial charge in [-0.25, -0.2) is 0 Å². The third-order valence-corrected chi connectivity index (χ3v) is 6.90. The van der Waals surface area contributed by atoms with Gasteiger partial charge in [0, 0.05) is 17.2 Å². The fraction of sp³-hybridized carbons (Fsp3) is 0.148. The lowest BCUT2D eigenvalue weighted by Crippen LogP contribution is -2.13. The SMILES string of the molecule is CC1CCOc2cc(Oc3ccc(C(=O)Nc4ccc(-c5ccc(Cl)c(Cl)c5)nn4)cc3)c(Cl)cc21. The number of halogens is 3. The Bertz CT molecular complexity index is 1430. The van der Waals surface area contributed by atoms with Crippen molar-refractivity contribution in [3.05, 3.63) is 92.9 Å². The molecule has 1 atom stereocenters. The van der Waals surface area contributed by atoms with E-state index >= 15 is 0 Å². The van der Waals surface area contributed by atoms with Gasteiger partial charge >= 0.3 is 0 Å². The highest BCUT2D eigenvalue weighted by Gasteiger charge is 2.20. The molecule has 0 saturated carbocycles. The molecular weight excluding hydrogens is 521 g/mol. The fourth-order valence-electron chi connectivity index (χ4n) is 3.84. The van der Waals surface area contributed by atoms with Gasteiger partial charge in [0.25, 0.3) is 5.91 Å². The smallest absolute Gasteiger partial charge is 0.256 e. The molecule has 0 aliphatic carbocycles. The van der Waals surface area contributed by atoms with E-state index in [1.807, 2.05) is 12.1 Å². The largest absolute Gasteiger partial charge is 0.493 e. The molecule has 5 rings (SSSR count). The summed E-state index contributed by atoms with van der Waals surface area (Å²) in [6, 6.07) is 19.0. The van der Waals surface area contributed by atoms with E-state index in [1.165, 1.54) is 0 Å². The number of hydrogen-bond donors (Lipinski definition) is 1. The number of nitrogens with one attached hydrogen (secondary N) is 1. The minimum absolute atomic E-state index is 0.319. The third-order valence-electron chi connectivity index (χ3n) is 5.87.